The topological polar surface area (TPSA) is 88.0 Å². The van der Waals surface area contributed by atoms with Crippen molar-refractivity contribution in [1.82, 2.24) is 14.3 Å². The van der Waals surface area contributed by atoms with E-state index < -0.39 is 10.0 Å². The average Bonchev–Trinajstić information content (AvgIpc) is 3.19. The van der Waals surface area contributed by atoms with Crippen LogP contribution in [0.1, 0.15) is 11.4 Å². The summed E-state index contributed by atoms with van der Waals surface area (Å²) < 4.78 is 37.7. The molecule has 0 spiro atoms. The van der Waals surface area contributed by atoms with E-state index in [1.165, 1.54) is 11.5 Å². The summed E-state index contributed by atoms with van der Waals surface area (Å²) in [6.07, 6.45) is 0. The molecule has 0 radical (unpaired) electrons. The van der Waals surface area contributed by atoms with Gasteiger partial charge in [-0.1, -0.05) is 12.1 Å². The Morgan fingerprint density at radius 3 is 2.64 bits per heavy atom. The third-order valence-electron chi connectivity index (χ3n) is 4.19. The normalized spacial score (nSPS) is 19.0. The number of rotatable bonds is 3. The van der Waals surface area contributed by atoms with Crippen LogP contribution in [0.5, 0.6) is 0 Å². The van der Waals surface area contributed by atoms with Crippen LogP contribution in [-0.4, -0.2) is 61.8 Å². The maximum atomic E-state index is 12.2. The Morgan fingerprint density at radius 2 is 1.88 bits per heavy atom. The Hall–Kier alpha value is -2.04. The number of fused-ring (bicyclic) bond motifs is 1. The minimum atomic E-state index is -3.57. The van der Waals surface area contributed by atoms with Gasteiger partial charge in [-0.15, -0.1) is 4.40 Å². The highest BCUT2D eigenvalue weighted by atomic mass is 32.2. The van der Waals surface area contributed by atoms with E-state index in [0.717, 1.165) is 18.2 Å². The summed E-state index contributed by atoms with van der Waals surface area (Å²) in [5.41, 5.74) is 0.689. The highest BCUT2D eigenvalue weighted by Crippen LogP contribution is 2.28. The molecule has 3 heterocycles. The molecule has 0 unspecified atom stereocenters. The lowest BCUT2D eigenvalue weighted by molar-refractivity contribution is 0.179. The lowest BCUT2D eigenvalue weighted by Gasteiger charge is -2.35. The molecule has 2 aliphatic rings. The molecule has 0 amide bonds. The third kappa shape index (κ3) is 3.00. The SMILES string of the molecule is COCc1nsc(N2CCN(C3=NS(=O)(=O)c4ccccc43)CC2)n1. The molecule has 2 aromatic rings. The minimum Gasteiger partial charge on any atom is -0.377 e. The number of piperazine rings is 1. The van der Waals surface area contributed by atoms with Gasteiger partial charge in [0.15, 0.2) is 11.7 Å². The Bertz CT molecular complexity index is 917. The third-order valence-corrected chi connectivity index (χ3v) is 6.33. The number of hydrogen-bond donors (Lipinski definition) is 0. The molecule has 0 bridgehead atoms. The molecule has 1 aromatic heterocycles. The van der Waals surface area contributed by atoms with E-state index in [2.05, 4.69) is 18.7 Å². The predicted molar refractivity (Wildman–Crippen MR) is 94.6 cm³/mol. The summed E-state index contributed by atoms with van der Waals surface area (Å²) in [5.74, 6) is 1.23. The van der Waals surface area contributed by atoms with Crippen LogP contribution in [0, 0.1) is 0 Å². The van der Waals surface area contributed by atoms with Crippen molar-refractivity contribution in [3.8, 4) is 0 Å². The van der Waals surface area contributed by atoms with Crippen LogP contribution < -0.4 is 4.90 Å². The van der Waals surface area contributed by atoms with E-state index in [4.69, 9.17) is 4.74 Å². The molecule has 10 heteroatoms. The molecule has 132 valence electrons. The lowest BCUT2D eigenvalue weighted by atomic mass is 10.1. The van der Waals surface area contributed by atoms with Gasteiger partial charge in [0.1, 0.15) is 11.5 Å². The Balaban J connectivity index is 1.49. The first-order chi connectivity index (χ1) is 12.1. The molecule has 25 heavy (non-hydrogen) atoms. The van der Waals surface area contributed by atoms with Crippen molar-refractivity contribution in [3.63, 3.8) is 0 Å². The van der Waals surface area contributed by atoms with E-state index in [1.807, 2.05) is 17.0 Å². The van der Waals surface area contributed by atoms with Gasteiger partial charge in [0.05, 0.1) is 0 Å². The zero-order valence-electron chi connectivity index (χ0n) is 13.6. The summed E-state index contributed by atoms with van der Waals surface area (Å²) in [7, 11) is -1.96. The van der Waals surface area contributed by atoms with Crippen LogP contribution in [-0.2, 0) is 21.4 Å². The van der Waals surface area contributed by atoms with E-state index in [-0.39, 0.29) is 0 Å². The van der Waals surface area contributed by atoms with Gasteiger partial charge in [0, 0.05) is 50.4 Å². The van der Waals surface area contributed by atoms with E-state index >= 15 is 0 Å². The number of nitrogens with zero attached hydrogens (tertiary/aromatic N) is 5. The quantitative estimate of drug-likeness (QED) is 0.785. The second kappa shape index (κ2) is 6.36. The van der Waals surface area contributed by atoms with Gasteiger partial charge >= 0.3 is 0 Å². The molecule has 0 N–H and O–H groups in total. The molecule has 1 saturated heterocycles. The highest BCUT2D eigenvalue weighted by molar-refractivity contribution is 7.90. The van der Waals surface area contributed by atoms with Crippen molar-refractivity contribution < 1.29 is 13.2 Å². The maximum Gasteiger partial charge on any atom is 0.285 e. The summed E-state index contributed by atoms with van der Waals surface area (Å²) in [5, 5.41) is 0.869. The molecule has 2 aliphatic heterocycles. The van der Waals surface area contributed by atoms with E-state index in [0.29, 0.717) is 41.8 Å². The molecule has 8 nitrogen and oxygen atoms in total. The highest BCUT2D eigenvalue weighted by Gasteiger charge is 2.33. The van der Waals surface area contributed by atoms with Gasteiger partial charge in [-0.2, -0.15) is 12.8 Å². The van der Waals surface area contributed by atoms with Crippen LogP contribution >= 0.6 is 11.5 Å². The number of hydrogen-bond acceptors (Lipinski definition) is 8. The minimum absolute atomic E-state index is 0.292. The number of ether oxygens (including phenoxy) is 1. The van der Waals surface area contributed by atoms with Crippen LogP contribution in [0.25, 0.3) is 0 Å². The second-order valence-electron chi connectivity index (χ2n) is 5.79. The number of anilines is 1. The van der Waals surface area contributed by atoms with Crippen LogP contribution in [0.15, 0.2) is 33.6 Å². The lowest BCUT2D eigenvalue weighted by Crippen LogP contribution is -2.48. The first kappa shape index (κ1) is 16.4. The maximum absolute atomic E-state index is 12.2. The Morgan fingerprint density at radius 1 is 1.16 bits per heavy atom. The van der Waals surface area contributed by atoms with Gasteiger partial charge in [-0.3, -0.25) is 0 Å². The molecule has 1 fully saturated rings. The summed E-state index contributed by atoms with van der Waals surface area (Å²) in [4.78, 5) is 8.94. The smallest absolute Gasteiger partial charge is 0.285 e. The van der Waals surface area contributed by atoms with Gasteiger partial charge in [-0.25, -0.2) is 4.98 Å². The van der Waals surface area contributed by atoms with Crippen molar-refractivity contribution in [2.45, 2.75) is 11.5 Å². The molecular weight excluding hydrogens is 362 g/mol. The van der Waals surface area contributed by atoms with Crippen molar-refractivity contribution in [3.05, 3.63) is 35.7 Å². The van der Waals surface area contributed by atoms with Gasteiger partial charge in [0.2, 0.25) is 5.13 Å². The van der Waals surface area contributed by atoms with Gasteiger partial charge < -0.3 is 14.5 Å². The van der Waals surface area contributed by atoms with Crippen molar-refractivity contribution >= 4 is 32.5 Å². The summed E-state index contributed by atoms with van der Waals surface area (Å²) >= 11 is 1.36. The zero-order chi connectivity index (χ0) is 17.4. The summed E-state index contributed by atoms with van der Waals surface area (Å²) in [6, 6.07) is 6.98. The molecule has 0 saturated carbocycles. The average molecular weight is 379 g/mol. The fourth-order valence-corrected chi connectivity index (χ4v) is 4.94. The largest absolute Gasteiger partial charge is 0.377 e. The zero-order valence-corrected chi connectivity index (χ0v) is 15.3. The number of aromatic nitrogens is 2. The Labute approximate surface area is 150 Å². The second-order valence-corrected chi connectivity index (χ2v) is 8.09. The predicted octanol–water partition coefficient (Wildman–Crippen LogP) is 0.956. The summed E-state index contributed by atoms with van der Waals surface area (Å²) in [6.45, 7) is 3.25. The van der Waals surface area contributed by atoms with Crippen LogP contribution in [0.2, 0.25) is 0 Å². The first-order valence-corrected chi connectivity index (χ1v) is 10.1. The van der Waals surface area contributed by atoms with Crippen molar-refractivity contribution in [2.75, 3.05) is 38.2 Å². The number of amidine groups is 1. The molecular formula is C15H17N5O3S2. The molecule has 0 atom stereocenters. The monoisotopic (exact) mass is 379 g/mol. The van der Waals surface area contributed by atoms with Crippen LogP contribution in [0.4, 0.5) is 5.13 Å². The van der Waals surface area contributed by atoms with Gasteiger partial charge in [0.25, 0.3) is 10.0 Å². The fraction of sp³-hybridized carbons (Fsp3) is 0.400. The van der Waals surface area contributed by atoms with Crippen molar-refractivity contribution in [1.29, 1.82) is 0 Å². The number of sulfonamides is 1. The molecule has 1 aromatic carbocycles. The van der Waals surface area contributed by atoms with Gasteiger partial charge in [-0.05, 0) is 12.1 Å². The molecule has 4 rings (SSSR count). The van der Waals surface area contributed by atoms with E-state index in [9.17, 15) is 8.42 Å². The first-order valence-electron chi connectivity index (χ1n) is 7.84. The fourth-order valence-electron chi connectivity index (χ4n) is 2.99. The molecule has 0 aliphatic carbocycles. The standard InChI is InChI=1S/C15H17N5O3S2/c1-23-10-13-16-15(24-17-13)20-8-6-19(7-9-20)14-11-4-2-3-5-12(11)25(21,22)18-14/h2-5H,6-10H2,1H3. The Kier molecular flexibility index (Phi) is 4.18. The number of methoxy groups -OCH3 is 1. The number of benzene rings is 1. The van der Waals surface area contributed by atoms with E-state index in [1.54, 1.807) is 19.2 Å². The van der Waals surface area contributed by atoms with Crippen LogP contribution in [0.3, 0.4) is 0 Å². The van der Waals surface area contributed by atoms with Crippen molar-refractivity contribution in [2.24, 2.45) is 4.40 Å².